The zero-order valence-corrected chi connectivity index (χ0v) is 32.3. The number of halogens is 3. The van der Waals surface area contributed by atoms with Crippen molar-refractivity contribution in [3.63, 3.8) is 0 Å². The molecule has 4 aromatic heterocycles. The van der Waals surface area contributed by atoms with Crippen molar-refractivity contribution < 1.29 is 33.3 Å². The molecule has 8 rings (SSSR count). The highest BCUT2D eigenvalue weighted by Crippen LogP contribution is 2.40. The van der Waals surface area contributed by atoms with E-state index < -0.39 is 17.8 Å². The van der Waals surface area contributed by atoms with Gasteiger partial charge in [0.15, 0.2) is 0 Å². The van der Waals surface area contributed by atoms with Gasteiger partial charge in [0.2, 0.25) is 5.88 Å². The molecule has 0 unspecified atom stereocenters. The van der Waals surface area contributed by atoms with Gasteiger partial charge in [-0.3, -0.25) is 4.79 Å². The van der Waals surface area contributed by atoms with Crippen LogP contribution in [0.3, 0.4) is 0 Å². The van der Waals surface area contributed by atoms with Crippen molar-refractivity contribution >= 4 is 46.2 Å². The molecule has 0 saturated heterocycles. The van der Waals surface area contributed by atoms with Gasteiger partial charge in [0.05, 0.1) is 20.2 Å². The Labute approximate surface area is 337 Å². The number of nitrogens with zero attached hydrogens (tertiary/aromatic N) is 3. The summed E-state index contributed by atoms with van der Waals surface area (Å²) in [6, 6.07) is 30.6. The van der Waals surface area contributed by atoms with E-state index in [0.717, 1.165) is 16.5 Å². The first-order valence-electron chi connectivity index (χ1n) is 17.8. The maximum absolute atomic E-state index is 14.3. The molecule has 0 atom stereocenters. The van der Waals surface area contributed by atoms with Gasteiger partial charge in [0, 0.05) is 67.6 Å². The van der Waals surface area contributed by atoms with E-state index in [-0.39, 0.29) is 53.8 Å². The molecule has 10 nitrogen and oxygen atoms in total. The van der Waals surface area contributed by atoms with Gasteiger partial charge < -0.3 is 29.1 Å². The lowest BCUT2D eigenvalue weighted by atomic mass is 10.0. The monoisotopic (exact) mass is 802 g/mol. The van der Waals surface area contributed by atoms with Crippen LogP contribution in [0.25, 0.3) is 44.1 Å². The van der Waals surface area contributed by atoms with Gasteiger partial charge in [0.1, 0.15) is 23.0 Å². The number of aryl methyl sites for hydroxylation is 2. The molecule has 294 valence electrons. The molecule has 58 heavy (non-hydrogen) atoms. The number of ether oxygens (including phenoxy) is 1. The van der Waals surface area contributed by atoms with E-state index in [2.05, 4.69) is 9.97 Å². The number of carboxylic acids is 2. The van der Waals surface area contributed by atoms with Crippen molar-refractivity contribution in [3.05, 3.63) is 177 Å². The molecule has 0 aliphatic carbocycles. The second-order valence-corrected chi connectivity index (χ2v) is 13.4. The van der Waals surface area contributed by atoms with Crippen LogP contribution in [-0.2, 0) is 13.1 Å². The molecule has 0 aliphatic rings. The number of nitrogens with one attached hydrogen (secondary N) is 1. The van der Waals surface area contributed by atoms with Gasteiger partial charge in [-0.05, 0) is 74.5 Å². The average Bonchev–Trinajstić information content (AvgIpc) is 3.68. The number of carbonyl (C=O) groups is 2. The zero-order chi connectivity index (χ0) is 40.4. The third-order valence-electron chi connectivity index (χ3n) is 9.74. The maximum atomic E-state index is 14.3. The van der Waals surface area contributed by atoms with Crippen molar-refractivity contribution in [2.24, 2.45) is 0 Å². The first kappa shape index (κ1) is 40.6. The number of benzene rings is 4. The Morgan fingerprint density at radius 1 is 0.690 bits per heavy atom. The Morgan fingerprint density at radius 2 is 1.17 bits per heavy atom. The summed E-state index contributed by atoms with van der Waals surface area (Å²) in [7, 11) is 1.50. The molecule has 0 fully saturated rings. The first-order chi connectivity index (χ1) is 27.5. The minimum Gasteiger partial charge on any atom is -0.481 e. The van der Waals surface area contributed by atoms with E-state index in [4.69, 9.17) is 4.74 Å². The van der Waals surface area contributed by atoms with Gasteiger partial charge in [-0.25, -0.2) is 23.4 Å². The molecule has 0 saturated carbocycles. The lowest BCUT2D eigenvalue weighted by molar-refractivity contribution is 0.0676. The van der Waals surface area contributed by atoms with E-state index in [1.54, 1.807) is 82.1 Å². The predicted molar refractivity (Wildman–Crippen MR) is 221 cm³/mol. The Morgan fingerprint density at radius 3 is 1.64 bits per heavy atom. The van der Waals surface area contributed by atoms with Gasteiger partial charge in [-0.15, -0.1) is 12.4 Å². The highest BCUT2D eigenvalue weighted by atomic mass is 35.5. The summed E-state index contributed by atoms with van der Waals surface area (Å²) < 4.78 is 37.2. The molecule has 0 amide bonds. The van der Waals surface area contributed by atoms with E-state index in [0.29, 0.717) is 50.1 Å². The summed E-state index contributed by atoms with van der Waals surface area (Å²) in [4.78, 5) is 43.8. The Bertz CT molecular complexity index is 2900. The van der Waals surface area contributed by atoms with Crippen molar-refractivity contribution in [2.75, 3.05) is 7.11 Å². The second-order valence-electron chi connectivity index (χ2n) is 13.4. The highest BCUT2D eigenvalue weighted by molar-refractivity contribution is 6.10. The van der Waals surface area contributed by atoms with Gasteiger partial charge in [-0.2, -0.15) is 0 Å². The molecule has 4 aromatic carbocycles. The number of rotatable bonds is 9. The molecule has 0 radical (unpaired) electrons. The maximum Gasteiger partial charge on any atom is 0.353 e. The molecule has 0 aliphatic heterocycles. The standard InChI is InChI=1S/C23H19FN2O3.C22H17FN2O3.ClH/c1-14-9-10-19-17(12-14)20(16-7-5-11-25-22(16)29-2)21(23(27)28)26(19)13-15-6-3-4-8-18(15)24;1-13-8-9-18-16(11-13)19(15-6-4-10-24-21(15)26)20(22(27)28)25(18)12-14-5-2-3-7-17(14)23;/h3-12H,13H2,1-2H3,(H,27,28);2-11H,12H2,1H3,(H,24,26)(H,27,28);1H. The number of H-pyrrole nitrogens is 1. The number of hydrogen-bond donors (Lipinski definition) is 3. The van der Waals surface area contributed by atoms with Crippen LogP contribution in [0.15, 0.2) is 126 Å². The summed E-state index contributed by atoms with van der Waals surface area (Å²) in [5.41, 5.74) is 5.38. The number of carboxylic acid groups (broad SMARTS) is 2. The van der Waals surface area contributed by atoms with Crippen LogP contribution in [0, 0.1) is 25.5 Å². The minimum absolute atomic E-state index is 0. The summed E-state index contributed by atoms with van der Waals surface area (Å²) in [5, 5.41) is 21.5. The number of methoxy groups -OCH3 is 1. The zero-order valence-electron chi connectivity index (χ0n) is 31.5. The van der Waals surface area contributed by atoms with E-state index in [1.165, 1.54) is 25.4 Å². The fraction of sp³-hybridized carbons (Fsp3) is 0.111. The van der Waals surface area contributed by atoms with Crippen LogP contribution in [0.2, 0.25) is 0 Å². The van der Waals surface area contributed by atoms with Crippen molar-refractivity contribution in [1.29, 1.82) is 0 Å². The highest BCUT2D eigenvalue weighted by Gasteiger charge is 2.28. The lowest BCUT2D eigenvalue weighted by Gasteiger charge is -2.11. The molecular formula is C45H37ClF2N4O6. The molecule has 0 spiro atoms. The van der Waals surface area contributed by atoms with E-state index in [1.807, 2.05) is 44.2 Å². The van der Waals surface area contributed by atoms with Crippen LogP contribution >= 0.6 is 12.4 Å². The Balaban J connectivity index is 0.000000192. The molecule has 8 aromatic rings. The molecule has 0 bridgehead atoms. The number of hydrogen-bond acceptors (Lipinski definition) is 5. The van der Waals surface area contributed by atoms with Crippen LogP contribution < -0.4 is 10.3 Å². The second kappa shape index (κ2) is 17.0. The largest absolute Gasteiger partial charge is 0.481 e. The number of aromatic amines is 1. The van der Waals surface area contributed by atoms with Gasteiger partial charge in [-0.1, -0.05) is 59.7 Å². The predicted octanol–water partition coefficient (Wildman–Crippen LogP) is 9.52. The summed E-state index contributed by atoms with van der Waals surface area (Å²) in [5.74, 6) is -2.73. The lowest BCUT2D eigenvalue weighted by Crippen LogP contribution is -2.14. The molecule has 4 heterocycles. The SMILES string of the molecule is COc1ncccc1-c1c(C(=O)O)n(Cc2ccccc2F)c2ccc(C)cc12.Cc1ccc2c(c1)c(-c1ccc[nH]c1=O)c(C(=O)O)n2Cc1ccccc1F.Cl. The average molecular weight is 803 g/mol. The fourth-order valence-electron chi connectivity index (χ4n) is 7.21. The van der Waals surface area contributed by atoms with Crippen LogP contribution in [-0.4, -0.2) is 48.4 Å². The number of aromatic carboxylic acids is 2. The Hall–Kier alpha value is -7.05. The minimum atomic E-state index is -1.18. The Kier molecular flexibility index (Phi) is 11.9. The first-order valence-corrected chi connectivity index (χ1v) is 17.8. The van der Waals surface area contributed by atoms with E-state index in [9.17, 15) is 33.4 Å². The summed E-state index contributed by atoms with van der Waals surface area (Å²) in [6.07, 6.45) is 3.09. The quantitative estimate of drug-likeness (QED) is 0.132. The van der Waals surface area contributed by atoms with Crippen LogP contribution in [0.5, 0.6) is 5.88 Å². The summed E-state index contributed by atoms with van der Waals surface area (Å²) >= 11 is 0. The van der Waals surface area contributed by atoms with Crippen molar-refractivity contribution in [1.82, 2.24) is 19.1 Å². The summed E-state index contributed by atoms with van der Waals surface area (Å²) in [6.45, 7) is 3.97. The molecular weight excluding hydrogens is 766 g/mol. The van der Waals surface area contributed by atoms with E-state index >= 15 is 0 Å². The number of aromatic nitrogens is 4. The van der Waals surface area contributed by atoms with Gasteiger partial charge in [0.25, 0.3) is 5.56 Å². The molecule has 3 N–H and O–H groups in total. The van der Waals surface area contributed by atoms with Gasteiger partial charge >= 0.3 is 11.9 Å². The van der Waals surface area contributed by atoms with Crippen LogP contribution in [0.4, 0.5) is 8.78 Å². The van der Waals surface area contributed by atoms with Crippen molar-refractivity contribution in [3.8, 4) is 28.1 Å². The third kappa shape index (κ3) is 7.69. The topological polar surface area (TPSA) is 139 Å². The normalized spacial score (nSPS) is 10.8. The fourth-order valence-corrected chi connectivity index (χ4v) is 7.21. The molecule has 13 heteroatoms. The van der Waals surface area contributed by atoms with Crippen LogP contribution in [0.1, 0.15) is 43.2 Å². The van der Waals surface area contributed by atoms with Crippen molar-refractivity contribution in [2.45, 2.75) is 26.9 Å². The number of fused-ring (bicyclic) bond motifs is 2. The number of pyridine rings is 2. The smallest absolute Gasteiger partial charge is 0.353 e. The third-order valence-corrected chi connectivity index (χ3v) is 9.74.